The van der Waals surface area contributed by atoms with E-state index in [-0.39, 0.29) is 0 Å². The van der Waals surface area contributed by atoms with Gasteiger partial charge in [-0.3, -0.25) is 0 Å². The van der Waals surface area contributed by atoms with E-state index in [4.69, 9.17) is 4.74 Å². The number of rotatable bonds is 7. The van der Waals surface area contributed by atoms with Crippen LogP contribution in [0.2, 0.25) is 0 Å². The Balaban J connectivity index is 1.51. The summed E-state index contributed by atoms with van der Waals surface area (Å²) >= 11 is 1.77. The number of thioether (sulfide) groups is 1. The van der Waals surface area contributed by atoms with Gasteiger partial charge >= 0.3 is 0 Å². The van der Waals surface area contributed by atoms with Crippen LogP contribution in [-0.4, -0.2) is 45.1 Å². The van der Waals surface area contributed by atoms with Gasteiger partial charge < -0.3 is 14.2 Å². The number of likely N-dealkylation sites (tertiary alicyclic amines) is 1. The van der Waals surface area contributed by atoms with Crippen molar-refractivity contribution in [2.24, 2.45) is 7.05 Å². The fourth-order valence-corrected chi connectivity index (χ4v) is 3.66. The van der Waals surface area contributed by atoms with Crippen LogP contribution in [0.3, 0.4) is 0 Å². The maximum atomic E-state index is 5.86. The Hall–Kier alpha value is -1.53. The van der Waals surface area contributed by atoms with Gasteiger partial charge in [0.15, 0.2) is 11.0 Å². The van der Waals surface area contributed by atoms with Gasteiger partial charge in [-0.1, -0.05) is 30.0 Å². The molecule has 0 amide bonds. The van der Waals surface area contributed by atoms with Crippen molar-refractivity contribution in [1.29, 1.82) is 0 Å². The number of aromatic nitrogens is 3. The zero-order chi connectivity index (χ0) is 16.1. The molecule has 0 aliphatic carbocycles. The summed E-state index contributed by atoms with van der Waals surface area (Å²) < 4.78 is 7.90. The van der Waals surface area contributed by atoms with Crippen molar-refractivity contribution in [3.8, 4) is 5.75 Å². The second-order valence-electron chi connectivity index (χ2n) is 5.91. The van der Waals surface area contributed by atoms with Crippen molar-refractivity contribution in [3.05, 3.63) is 35.7 Å². The molecule has 0 unspecified atom stereocenters. The Morgan fingerprint density at radius 3 is 2.74 bits per heavy atom. The van der Waals surface area contributed by atoms with Crippen molar-refractivity contribution in [3.63, 3.8) is 0 Å². The predicted octanol–water partition coefficient (Wildman–Crippen LogP) is 2.89. The number of ether oxygens (including phenoxy) is 1. The van der Waals surface area contributed by atoms with Crippen LogP contribution in [0.25, 0.3) is 0 Å². The van der Waals surface area contributed by atoms with Crippen LogP contribution in [0.15, 0.2) is 29.4 Å². The Kier molecular flexibility index (Phi) is 5.56. The quantitative estimate of drug-likeness (QED) is 0.730. The van der Waals surface area contributed by atoms with E-state index >= 15 is 0 Å². The SMILES string of the molecule is Cc1ccccc1OCc1nnc(SCCN2CCCC2)n1C. The lowest BCUT2D eigenvalue weighted by Gasteiger charge is -2.13. The maximum Gasteiger partial charge on any atom is 0.191 e. The molecule has 0 atom stereocenters. The van der Waals surface area contributed by atoms with Crippen LogP contribution in [0, 0.1) is 6.92 Å². The number of para-hydroxylation sites is 1. The fourth-order valence-electron chi connectivity index (χ4n) is 2.73. The Morgan fingerprint density at radius 1 is 1.17 bits per heavy atom. The van der Waals surface area contributed by atoms with E-state index in [2.05, 4.69) is 15.1 Å². The summed E-state index contributed by atoms with van der Waals surface area (Å²) in [5.41, 5.74) is 1.13. The van der Waals surface area contributed by atoms with Gasteiger partial charge in [0.05, 0.1) is 0 Å². The van der Waals surface area contributed by atoms with E-state index in [1.807, 2.05) is 42.8 Å². The number of aryl methyl sites for hydroxylation is 1. The molecule has 1 fully saturated rings. The van der Waals surface area contributed by atoms with Gasteiger partial charge in [-0.05, 0) is 44.5 Å². The summed E-state index contributed by atoms with van der Waals surface area (Å²) in [6, 6.07) is 8.03. The van der Waals surface area contributed by atoms with E-state index in [1.54, 1.807) is 11.8 Å². The first-order valence-corrected chi connectivity index (χ1v) is 9.14. The standard InChI is InChI=1S/C17H24N4OS/c1-14-7-3-4-8-15(14)22-13-16-18-19-17(20(16)2)23-12-11-21-9-5-6-10-21/h3-4,7-8H,5-6,9-13H2,1-2H3. The zero-order valence-electron chi connectivity index (χ0n) is 13.9. The second-order valence-corrected chi connectivity index (χ2v) is 6.97. The molecule has 0 saturated carbocycles. The molecule has 3 rings (SSSR count). The predicted molar refractivity (Wildman–Crippen MR) is 92.9 cm³/mol. The highest BCUT2D eigenvalue weighted by molar-refractivity contribution is 7.99. The summed E-state index contributed by atoms with van der Waals surface area (Å²) in [6.45, 7) is 6.11. The highest BCUT2D eigenvalue weighted by Gasteiger charge is 2.13. The molecule has 5 nitrogen and oxygen atoms in total. The van der Waals surface area contributed by atoms with E-state index in [1.165, 1.54) is 25.9 Å². The lowest BCUT2D eigenvalue weighted by molar-refractivity contribution is 0.288. The second kappa shape index (κ2) is 7.84. The smallest absolute Gasteiger partial charge is 0.191 e. The molecule has 6 heteroatoms. The third kappa shape index (κ3) is 4.26. The van der Waals surface area contributed by atoms with Gasteiger partial charge in [0.25, 0.3) is 0 Å². The first kappa shape index (κ1) is 16.3. The third-order valence-corrected chi connectivity index (χ3v) is 5.21. The molecule has 2 heterocycles. The van der Waals surface area contributed by atoms with Gasteiger partial charge in [-0.15, -0.1) is 10.2 Å². The molecule has 0 radical (unpaired) electrons. The first-order valence-electron chi connectivity index (χ1n) is 8.16. The summed E-state index contributed by atoms with van der Waals surface area (Å²) in [7, 11) is 2.01. The minimum Gasteiger partial charge on any atom is -0.485 e. The highest BCUT2D eigenvalue weighted by atomic mass is 32.2. The van der Waals surface area contributed by atoms with Gasteiger partial charge in [0, 0.05) is 19.3 Å². The van der Waals surface area contributed by atoms with Crippen LogP contribution in [-0.2, 0) is 13.7 Å². The summed E-state index contributed by atoms with van der Waals surface area (Å²) in [5, 5.41) is 9.52. The average molecular weight is 332 g/mol. The number of nitrogens with zero attached hydrogens (tertiary/aromatic N) is 4. The van der Waals surface area contributed by atoms with Crippen molar-refractivity contribution in [1.82, 2.24) is 19.7 Å². The Bertz CT molecular complexity index is 637. The van der Waals surface area contributed by atoms with Gasteiger partial charge in [0.2, 0.25) is 0 Å². The Morgan fingerprint density at radius 2 is 1.96 bits per heavy atom. The number of hydrogen-bond acceptors (Lipinski definition) is 5. The monoisotopic (exact) mass is 332 g/mol. The van der Waals surface area contributed by atoms with Gasteiger partial charge in [-0.2, -0.15) is 0 Å². The van der Waals surface area contributed by atoms with Crippen molar-refractivity contribution in [2.45, 2.75) is 31.5 Å². The molecule has 0 N–H and O–H groups in total. The molecule has 1 aromatic heterocycles. The largest absolute Gasteiger partial charge is 0.485 e. The number of hydrogen-bond donors (Lipinski definition) is 0. The molecule has 1 saturated heterocycles. The van der Waals surface area contributed by atoms with Crippen molar-refractivity contribution >= 4 is 11.8 Å². The molecule has 1 aliphatic heterocycles. The fraction of sp³-hybridized carbons (Fsp3) is 0.529. The number of benzene rings is 1. The first-order chi connectivity index (χ1) is 11.2. The molecule has 1 aliphatic rings. The summed E-state index contributed by atoms with van der Waals surface area (Å²) in [4.78, 5) is 2.52. The minimum atomic E-state index is 0.445. The molecular weight excluding hydrogens is 308 g/mol. The van der Waals surface area contributed by atoms with E-state index < -0.39 is 0 Å². The van der Waals surface area contributed by atoms with E-state index in [0.717, 1.165) is 34.6 Å². The molecule has 1 aromatic carbocycles. The highest BCUT2D eigenvalue weighted by Crippen LogP contribution is 2.20. The van der Waals surface area contributed by atoms with Crippen molar-refractivity contribution in [2.75, 3.05) is 25.4 Å². The van der Waals surface area contributed by atoms with Gasteiger partial charge in [0.1, 0.15) is 12.4 Å². The van der Waals surface area contributed by atoms with Crippen LogP contribution < -0.4 is 4.74 Å². The normalized spacial score (nSPS) is 15.2. The summed E-state index contributed by atoms with van der Waals surface area (Å²) in [5.74, 6) is 2.82. The van der Waals surface area contributed by atoms with E-state index in [9.17, 15) is 0 Å². The zero-order valence-corrected chi connectivity index (χ0v) is 14.7. The van der Waals surface area contributed by atoms with Crippen LogP contribution >= 0.6 is 11.8 Å². The topological polar surface area (TPSA) is 43.2 Å². The average Bonchev–Trinajstić information content (AvgIpc) is 3.18. The lowest BCUT2D eigenvalue weighted by atomic mass is 10.2. The minimum absolute atomic E-state index is 0.445. The van der Waals surface area contributed by atoms with Crippen LogP contribution in [0.5, 0.6) is 5.75 Å². The summed E-state index contributed by atoms with van der Waals surface area (Å²) in [6.07, 6.45) is 2.68. The lowest BCUT2D eigenvalue weighted by Crippen LogP contribution is -2.22. The molecule has 2 aromatic rings. The molecule has 23 heavy (non-hydrogen) atoms. The van der Waals surface area contributed by atoms with E-state index in [0.29, 0.717) is 6.61 Å². The van der Waals surface area contributed by atoms with Crippen LogP contribution in [0.1, 0.15) is 24.2 Å². The molecule has 124 valence electrons. The maximum absolute atomic E-state index is 5.86. The molecule has 0 spiro atoms. The Labute approximate surface area is 142 Å². The third-order valence-electron chi connectivity index (χ3n) is 4.21. The molecule has 0 bridgehead atoms. The van der Waals surface area contributed by atoms with Crippen molar-refractivity contribution < 1.29 is 4.74 Å². The van der Waals surface area contributed by atoms with Crippen LogP contribution in [0.4, 0.5) is 0 Å². The van der Waals surface area contributed by atoms with Gasteiger partial charge in [-0.25, -0.2) is 0 Å². The molecular formula is C17H24N4OS.